The van der Waals surface area contributed by atoms with Gasteiger partial charge in [0.2, 0.25) is 0 Å². The van der Waals surface area contributed by atoms with Gasteiger partial charge in [0.1, 0.15) is 5.82 Å². The van der Waals surface area contributed by atoms with Gasteiger partial charge in [0.15, 0.2) is 11.6 Å². The topological polar surface area (TPSA) is 15.3 Å². The number of halogens is 4. The fraction of sp³-hybridized carbons (Fsp3) is 0.600. The SMILES string of the molecule is Cl.Fc1cc(F)c([C@@H](C2CCC2)N2CCNCC2)cc1F. The van der Waals surface area contributed by atoms with Crippen molar-refractivity contribution in [3.63, 3.8) is 0 Å². The zero-order chi connectivity index (χ0) is 14.1. The molecule has 0 bridgehead atoms. The van der Waals surface area contributed by atoms with Crippen molar-refractivity contribution in [1.82, 2.24) is 10.2 Å². The van der Waals surface area contributed by atoms with Crippen LogP contribution in [-0.4, -0.2) is 31.1 Å². The maximum atomic E-state index is 14.1. The molecule has 118 valence electrons. The third-order valence-electron chi connectivity index (χ3n) is 4.50. The Labute approximate surface area is 129 Å². The molecule has 2 aliphatic rings. The van der Waals surface area contributed by atoms with Crippen LogP contribution in [0.25, 0.3) is 0 Å². The van der Waals surface area contributed by atoms with E-state index < -0.39 is 17.5 Å². The van der Waals surface area contributed by atoms with Gasteiger partial charge >= 0.3 is 0 Å². The number of nitrogens with zero attached hydrogens (tertiary/aromatic N) is 1. The molecule has 1 saturated carbocycles. The van der Waals surface area contributed by atoms with Gasteiger partial charge in [-0.2, -0.15) is 0 Å². The van der Waals surface area contributed by atoms with Crippen molar-refractivity contribution >= 4 is 12.4 Å². The summed E-state index contributed by atoms with van der Waals surface area (Å²) >= 11 is 0. The van der Waals surface area contributed by atoms with Crippen LogP contribution in [0.2, 0.25) is 0 Å². The third kappa shape index (κ3) is 3.35. The van der Waals surface area contributed by atoms with E-state index in [1.807, 2.05) is 0 Å². The number of piperazine rings is 1. The van der Waals surface area contributed by atoms with Crippen molar-refractivity contribution in [2.75, 3.05) is 26.2 Å². The number of rotatable bonds is 3. The first kappa shape index (κ1) is 16.6. The normalized spacial score (nSPS) is 21.5. The van der Waals surface area contributed by atoms with Crippen molar-refractivity contribution in [3.8, 4) is 0 Å². The highest BCUT2D eigenvalue weighted by atomic mass is 35.5. The second-order valence-electron chi connectivity index (χ2n) is 5.71. The molecule has 2 fully saturated rings. The van der Waals surface area contributed by atoms with Gasteiger partial charge < -0.3 is 5.32 Å². The highest BCUT2D eigenvalue weighted by Gasteiger charge is 2.35. The summed E-state index contributed by atoms with van der Waals surface area (Å²) in [4.78, 5) is 2.20. The number of hydrogen-bond donors (Lipinski definition) is 1. The Morgan fingerprint density at radius 1 is 1.00 bits per heavy atom. The number of benzene rings is 1. The Balaban J connectivity index is 0.00000161. The van der Waals surface area contributed by atoms with E-state index >= 15 is 0 Å². The molecule has 1 aliphatic carbocycles. The molecule has 1 atom stereocenters. The largest absolute Gasteiger partial charge is 0.314 e. The highest BCUT2D eigenvalue weighted by Crippen LogP contribution is 2.42. The van der Waals surface area contributed by atoms with Gasteiger partial charge in [-0.3, -0.25) is 4.90 Å². The fourth-order valence-corrected chi connectivity index (χ4v) is 3.23. The minimum atomic E-state index is -1.11. The van der Waals surface area contributed by atoms with E-state index in [9.17, 15) is 13.2 Å². The zero-order valence-corrected chi connectivity index (χ0v) is 12.6. The van der Waals surface area contributed by atoms with Crippen LogP contribution in [0.5, 0.6) is 0 Å². The smallest absolute Gasteiger partial charge is 0.161 e. The summed E-state index contributed by atoms with van der Waals surface area (Å²) in [6, 6.07) is 1.61. The summed E-state index contributed by atoms with van der Waals surface area (Å²) in [7, 11) is 0. The van der Waals surface area contributed by atoms with Crippen LogP contribution in [0.15, 0.2) is 12.1 Å². The minimum absolute atomic E-state index is 0. The minimum Gasteiger partial charge on any atom is -0.314 e. The molecule has 1 N–H and O–H groups in total. The van der Waals surface area contributed by atoms with E-state index in [2.05, 4.69) is 10.2 Å². The Morgan fingerprint density at radius 3 is 2.19 bits per heavy atom. The van der Waals surface area contributed by atoms with Gasteiger partial charge in [-0.15, -0.1) is 12.4 Å². The molecule has 21 heavy (non-hydrogen) atoms. The van der Waals surface area contributed by atoms with Crippen molar-refractivity contribution in [2.24, 2.45) is 5.92 Å². The second kappa shape index (κ2) is 6.99. The highest BCUT2D eigenvalue weighted by molar-refractivity contribution is 5.85. The lowest BCUT2D eigenvalue weighted by Gasteiger charge is -2.43. The van der Waals surface area contributed by atoms with Gasteiger partial charge in [0.05, 0.1) is 0 Å². The number of nitrogens with one attached hydrogen (secondary N) is 1. The molecule has 1 saturated heterocycles. The van der Waals surface area contributed by atoms with Crippen LogP contribution in [-0.2, 0) is 0 Å². The van der Waals surface area contributed by atoms with E-state index in [0.29, 0.717) is 17.5 Å². The first-order valence-electron chi connectivity index (χ1n) is 7.26. The second-order valence-corrected chi connectivity index (χ2v) is 5.71. The molecule has 1 aliphatic heterocycles. The molecule has 0 radical (unpaired) electrons. The summed E-state index contributed by atoms with van der Waals surface area (Å²) in [5.41, 5.74) is 0.315. The molecular weight excluding hydrogens is 301 g/mol. The lowest BCUT2D eigenvalue weighted by Crippen LogP contribution is -2.48. The maximum absolute atomic E-state index is 14.1. The van der Waals surface area contributed by atoms with Gasteiger partial charge in [-0.25, -0.2) is 13.2 Å². The first-order chi connectivity index (χ1) is 9.66. The lowest BCUT2D eigenvalue weighted by molar-refractivity contribution is 0.0808. The maximum Gasteiger partial charge on any atom is 0.161 e. The Hall–Kier alpha value is -0.780. The predicted octanol–water partition coefficient (Wildman–Crippen LogP) is 3.27. The van der Waals surface area contributed by atoms with Gasteiger partial charge in [-0.05, 0) is 24.8 Å². The van der Waals surface area contributed by atoms with Crippen LogP contribution in [0.3, 0.4) is 0 Å². The number of hydrogen-bond acceptors (Lipinski definition) is 2. The van der Waals surface area contributed by atoms with Gasteiger partial charge in [-0.1, -0.05) is 6.42 Å². The van der Waals surface area contributed by atoms with Gasteiger partial charge in [0, 0.05) is 43.9 Å². The Kier molecular flexibility index (Phi) is 5.52. The summed E-state index contributed by atoms with van der Waals surface area (Å²) < 4.78 is 40.7. The molecule has 6 heteroatoms. The third-order valence-corrected chi connectivity index (χ3v) is 4.50. The fourth-order valence-electron chi connectivity index (χ4n) is 3.23. The van der Waals surface area contributed by atoms with E-state index in [1.54, 1.807) is 0 Å². The molecule has 0 unspecified atom stereocenters. The summed E-state index contributed by atoms with van der Waals surface area (Å²) in [6.07, 6.45) is 3.21. The molecule has 0 spiro atoms. The van der Waals surface area contributed by atoms with E-state index in [1.165, 1.54) is 0 Å². The molecule has 0 aromatic heterocycles. The van der Waals surface area contributed by atoms with Crippen molar-refractivity contribution in [1.29, 1.82) is 0 Å². The average Bonchev–Trinajstić information content (AvgIpc) is 2.39. The quantitative estimate of drug-likeness (QED) is 0.860. The first-order valence-corrected chi connectivity index (χ1v) is 7.26. The van der Waals surface area contributed by atoms with Crippen LogP contribution < -0.4 is 5.32 Å². The summed E-state index contributed by atoms with van der Waals surface area (Å²) in [5, 5.41) is 3.26. The summed E-state index contributed by atoms with van der Waals surface area (Å²) in [5.74, 6) is -2.34. The summed E-state index contributed by atoms with van der Waals surface area (Å²) in [6.45, 7) is 3.35. The predicted molar refractivity (Wildman–Crippen MR) is 78.1 cm³/mol. The molecule has 3 rings (SSSR count). The van der Waals surface area contributed by atoms with Crippen LogP contribution in [0.4, 0.5) is 13.2 Å². The van der Waals surface area contributed by atoms with Crippen LogP contribution in [0, 0.1) is 23.4 Å². The van der Waals surface area contributed by atoms with Crippen molar-refractivity contribution < 1.29 is 13.2 Å². The van der Waals surface area contributed by atoms with Gasteiger partial charge in [0.25, 0.3) is 0 Å². The molecular formula is C15H20ClF3N2. The monoisotopic (exact) mass is 320 g/mol. The van der Waals surface area contributed by atoms with Crippen molar-refractivity contribution in [3.05, 3.63) is 35.1 Å². The van der Waals surface area contributed by atoms with Crippen LogP contribution in [0.1, 0.15) is 30.9 Å². The lowest BCUT2D eigenvalue weighted by atomic mass is 9.76. The van der Waals surface area contributed by atoms with E-state index in [4.69, 9.17) is 0 Å². The molecule has 0 amide bonds. The van der Waals surface area contributed by atoms with E-state index in [0.717, 1.165) is 51.5 Å². The average molecular weight is 321 g/mol. The van der Waals surface area contributed by atoms with Crippen molar-refractivity contribution in [2.45, 2.75) is 25.3 Å². The Bertz CT molecular complexity index is 488. The van der Waals surface area contributed by atoms with E-state index in [-0.39, 0.29) is 18.4 Å². The molecule has 2 nitrogen and oxygen atoms in total. The molecule has 1 heterocycles. The standard InChI is InChI=1S/C15H19F3N2.ClH/c16-12-9-14(18)13(17)8-11(12)15(10-2-1-3-10)20-6-4-19-5-7-20;/h8-10,15,19H,1-7H2;1H/t15-;/m1./s1. The van der Waals surface area contributed by atoms with Crippen LogP contribution >= 0.6 is 12.4 Å². The molecule has 1 aromatic rings. The molecule has 1 aromatic carbocycles. The Morgan fingerprint density at radius 2 is 1.62 bits per heavy atom. The zero-order valence-electron chi connectivity index (χ0n) is 11.7.